The molecule has 0 N–H and O–H groups in total. The molecule has 0 saturated heterocycles. The zero-order chi connectivity index (χ0) is 21.3. The van der Waals surface area contributed by atoms with E-state index < -0.39 is 0 Å². The van der Waals surface area contributed by atoms with Gasteiger partial charge < -0.3 is 0 Å². The van der Waals surface area contributed by atoms with Gasteiger partial charge in [-0.3, -0.25) is 0 Å². The quantitative estimate of drug-likeness (QED) is 0.311. The Bertz CT molecular complexity index is 1590. The van der Waals surface area contributed by atoms with E-state index in [0.717, 1.165) is 11.0 Å². The van der Waals surface area contributed by atoms with Crippen LogP contribution in [0.15, 0.2) is 115 Å². The second kappa shape index (κ2) is 7.78. The van der Waals surface area contributed by atoms with Gasteiger partial charge >= 0.3 is 0 Å². The molecule has 6 aromatic rings. The lowest BCUT2D eigenvalue weighted by Crippen LogP contribution is -2.10. The number of hydrogen-bond donors (Lipinski definition) is 0. The summed E-state index contributed by atoms with van der Waals surface area (Å²) in [4.78, 5) is 0. The molecule has 5 aromatic carbocycles. The van der Waals surface area contributed by atoms with Crippen molar-refractivity contribution in [1.29, 1.82) is 0 Å². The second-order valence-electron chi connectivity index (χ2n) is 8.04. The van der Waals surface area contributed by atoms with Crippen molar-refractivity contribution in [3.63, 3.8) is 0 Å². The average molecular weight is 412 g/mol. The van der Waals surface area contributed by atoms with Crippen molar-refractivity contribution in [3.05, 3.63) is 126 Å². The van der Waals surface area contributed by atoms with Crippen LogP contribution in [0.4, 0.5) is 0 Å². The Balaban J connectivity index is 1.48. The van der Waals surface area contributed by atoms with Gasteiger partial charge in [-0.15, -0.1) is 5.10 Å². The number of nitrogens with zero attached hydrogens (tertiary/aromatic N) is 3. The van der Waals surface area contributed by atoms with E-state index in [1.54, 1.807) is 0 Å². The molecule has 1 aromatic heterocycles. The maximum atomic E-state index is 4.53. The molecular weight excluding hydrogens is 390 g/mol. The van der Waals surface area contributed by atoms with Gasteiger partial charge in [0.1, 0.15) is 5.52 Å². The van der Waals surface area contributed by atoms with Gasteiger partial charge in [-0.05, 0) is 56.9 Å². The van der Waals surface area contributed by atoms with Gasteiger partial charge in [0, 0.05) is 0 Å². The predicted molar refractivity (Wildman–Crippen MR) is 133 cm³/mol. The molecule has 0 fully saturated rings. The molecule has 152 valence electrons. The Morgan fingerprint density at radius 3 is 2.09 bits per heavy atom. The highest BCUT2D eigenvalue weighted by Gasteiger charge is 2.16. The van der Waals surface area contributed by atoms with Gasteiger partial charge in [-0.2, -0.15) is 0 Å². The monoisotopic (exact) mass is 411 g/mol. The third-order valence-corrected chi connectivity index (χ3v) is 6.00. The second-order valence-corrected chi connectivity index (χ2v) is 8.04. The predicted octanol–water partition coefficient (Wildman–Crippen LogP) is 7.04. The Kier molecular flexibility index (Phi) is 4.51. The van der Waals surface area contributed by atoms with Crippen LogP contribution in [0.3, 0.4) is 0 Å². The summed E-state index contributed by atoms with van der Waals surface area (Å²) >= 11 is 0. The van der Waals surface area contributed by atoms with Crippen LogP contribution >= 0.6 is 0 Å². The number of fused-ring (bicyclic) bond motifs is 3. The highest BCUT2D eigenvalue weighted by atomic mass is 15.4. The van der Waals surface area contributed by atoms with Gasteiger partial charge in [-0.1, -0.05) is 102 Å². The molecular formula is C29H21N3. The Labute approximate surface area is 186 Å². The first-order chi connectivity index (χ1) is 15.8. The maximum Gasteiger partial charge on any atom is 0.113 e. The SMILES string of the molecule is C(=C\C(c1ccc2ccccc2c1)n1nnc2ccccc21)/c1ccc2ccccc2c1. The van der Waals surface area contributed by atoms with E-state index in [1.807, 2.05) is 22.9 Å². The fraction of sp³-hybridized carbons (Fsp3) is 0.0345. The summed E-state index contributed by atoms with van der Waals surface area (Å²) in [6.45, 7) is 0. The topological polar surface area (TPSA) is 30.7 Å². The Hall–Kier alpha value is -4.24. The number of hydrogen-bond acceptors (Lipinski definition) is 2. The van der Waals surface area contributed by atoms with E-state index in [9.17, 15) is 0 Å². The van der Waals surface area contributed by atoms with Gasteiger partial charge in [0.15, 0.2) is 0 Å². The van der Waals surface area contributed by atoms with Crippen LogP contribution in [0.25, 0.3) is 38.7 Å². The summed E-state index contributed by atoms with van der Waals surface area (Å²) in [5.41, 5.74) is 4.27. The normalized spacial score (nSPS) is 12.8. The summed E-state index contributed by atoms with van der Waals surface area (Å²) in [6, 6.07) is 38.1. The van der Waals surface area contributed by atoms with E-state index >= 15 is 0 Å². The molecule has 0 amide bonds. The van der Waals surface area contributed by atoms with E-state index in [1.165, 1.54) is 32.7 Å². The lowest BCUT2D eigenvalue weighted by molar-refractivity contribution is 0.605. The smallest absolute Gasteiger partial charge is 0.113 e. The molecule has 1 unspecified atom stereocenters. The molecule has 0 aliphatic heterocycles. The lowest BCUT2D eigenvalue weighted by atomic mass is 10.00. The van der Waals surface area contributed by atoms with Crippen LogP contribution < -0.4 is 0 Å². The van der Waals surface area contributed by atoms with Crippen LogP contribution in [0.5, 0.6) is 0 Å². The van der Waals surface area contributed by atoms with Gasteiger partial charge in [0.25, 0.3) is 0 Å². The summed E-state index contributed by atoms with van der Waals surface area (Å²) in [5.74, 6) is 0. The lowest BCUT2D eigenvalue weighted by Gasteiger charge is -2.16. The molecule has 1 atom stereocenters. The van der Waals surface area contributed by atoms with Crippen LogP contribution in [0.2, 0.25) is 0 Å². The first kappa shape index (κ1) is 18.5. The number of allylic oxidation sites excluding steroid dienone is 1. The molecule has 0 bridgehead atoms. The first-order valence-electron chi connectivity index (χ1n) is 10.8. The van der Waals surface area contributed by atoms with E-state index in [2.05, 4.69) is 113 Å². The van der Waals surface area contributed by atoms with Gasteiger partial charge in [0.2, 0.25) is 0 Å². The van der Waals surface area contributed by atoms with E-state index in [4.69, 9.17) is 0 Å². The Morgan fingerprint density at radius 1 is 0.625 bits per heavy atom. The fourth-order valence-corrected chi connectivity index (χ4v) is 4.33. The molecule has 0 spiro atoms. The molecule has 0 aliphatic rings. The third-order valence-electron chi connectivity index (χ3n) is 6.00. The zero-order valence-electron chi connectivity index (χ0n) is 17.5. The molecule has 3 heteroatoms. The van der Waals surface area contributed by atoms with Crippen molar-refractivity contribution in [2.24, 2.45) is 0 Å². The molecule has 0 saturated carbocycles. The van der Waals surface area contributed by atoms with Gasteiger partial charge in [-0.25, -0.2) is 4.68 Å². The van der Waals surface area contributed by atoms with Crippen LogP contribution in [-0.4, -0.2) is 15.0 Å². The van der Waals surface area contributed by atoms with Crippen molar-refractivity contribution in [2.45, 2.75) is 6.04 Å². The maximum absolute atomic E-state index is 4.53. The summed E-state index contributed by atoms with van der Waals surface area (Å²) in [5, 5.41) is 13.9. The third kappa shape index (κ3) is 3.34. The van der Waals surface area contributed by atoms with Crippen molar-refractivity contribution in [2.75, 3.05) is 0 Å². The molecule has 1 heterocycles. The first-order valence-corrected chi connectivity index (χ1v) is 10.8. The van der Waals surface area contributed by atoms with E-state index in [-0.39, 0.29) is 6.04 Å². The van der Waals surface area contributed by atoms with Crippen molar-refractivity contribution < 1.29 is 0 Å². The standard InChI is InChI=1S/C29H21N3/c1-3-9-24-19-21(13-15-22(24)7-1)14-18-28(32-29-12-6-5-11-27(29)30-31-32)26-17-16-23-8-2-4-10-25(23)20-26/h1-20,28H/b18-14+. The highest BCUT2D eigenvalue weighted by molar-refractivity contribution is 5.85. The molecule has 0 aliphatic carbocycles. The summed E-state index contributed by atoms with van der Waals surface area (Å²) in [7, 11) is 0. The molecule has 3 nitrogen and oxygen atoms in total. The minimum Gasteiger partial charge on any atom is -0.233 e. The minimum atomic E-state index is -0.0709. The van der Waals surface area contributed by atoms with Crippen molar-refractivity contribution in [3.8, 4) is 0 Å². The Morgan fingerprint density at radius 2 is 1.28 bits per heavy atom. The van der Waals surface area contributed by atoms with Crippen LogP contribution in [0.1, 0.15) is 17.2 Å². The molecule has 32 heavy (non-hydrogen) atoms. The highest BCUT2D eigenvalue weighted by Crippen LogP contribution is 2.28. The summed E-state index contributed by atoms with van der Waals surface area (Å²) in [6.07, 6.45) is 4.40. The zero-order valence-corrected chi connectivity index (χ0v) is 17.5. The largest absolute Gasteiger partial charge is 0.233 e. The molecule has 0 radical (unpaired) electrons. The van der Waals surface area contributed by atoms with E-state index in [0.29, 0.717) is 0 Å². The van der Waals surface area contributed by atoms with Crippen molar-refractivity contribution >= 4 is 38.7 Å². The van der Waals surface area contributed by atoms with Crippen molar-refractivity contribution in [1.82, 2.24) is 15.0 Å². The summed E-state index contributed by atoms with van der Waals surface area (Å²) < 4.78 is 2.01. The number of rotatable bonds is 4. The fourth-order valence-electron chi connectivity index (χ4n) is 4.33. The number of para-hydroxylation sites is 1. The minimum absolute atomic E-state index is 0.0709. The average Bonchev–Trinajstić information content (AvgIpc) is 3.28. The number of benzene rings is 5. The van der Waals surface area contributed by atoms with Gasteiger partial charge in [0.05, 0.1) is 11.6 Å². The van der Waals surface area contributed by atoms with Crippen LogP contribution in [-0.2, 0) is 0 Å². The van der Waals surface area contributed by atoms with Crippen LogP contribution in [0, 0.1) is 0 Å². The number of aromatic nitrogens is 3. The molecule has 6 rings (SSSR count).